The second-order valence-corrected chi connectivity index (χ2v) is 4.42. The highest BCUT2D eigenvalue weighted by atomic mass is 19.1. The predicted molar refractivity (Wildman–Crippen MR) is 59.8 cm³/mol. The van der Waals surface area contributed by atoms with Crippen molar-refractivity contribution in [2.75, 3.05) is 6.61 Å². The summed E-state index contributed by atoms with van der Waals surface area (Å²) in [6.07, 6.45) is 0.837. The number of halogens is 1. The van der Waals surface area contributed by atoms with E-state index < -0.39 is 11.8 Å². The third-order valence-electron chi connectivity index (χ3n) is 3.12. The van der Waals surface area contributed by atoms with Crippen molar-refractivity contribution in [3.05, 3.63) is 35.9 Å². The number of ether oxygens (including phenoxy) is 1. The molecule has 0 amide bonds. The topological polar surface area (TPSA) is 29.5 Å². The highest BCUT2D eigenvalue weighted by Gasteiger charge is 2.42. The van der Waals surface area contributed by atoms with Crippen LogP contribution >= 0.6 is 0 Å². The molecule has 0 heterocycles. The van der Waals surface area contributed by atoms with Crippen LogP contribution in [0, 0.1) is 0 Å². The van der Waals surface area contributed by atoms with Crippen LogP contribution in [-0.4, -0.2) is 23.5 Å². The first-order valence-electron chi connectivity index (χ1n) is 5.69. The molecule has 1 fully saturated rings. The molecule has 88 valence electrons. The molecule has 0 aliphatic heterocycles. The molecule has 1 aliphatic carbocycles. The van der Waals surface area contributed by atoms with Crippen molar-refractivity contribution in [1.82, 2.24) is 0 Å². The first-order chi connectivity index (χ1) is 7.71. The van der Waals surface area contributed by atoms with E-state index in [4.69, 9.17) is 4.74 Å². The summed E-state index contributed by atoms with van der Waals surface area (Å²) in [5.41, 5.74) is -0.506. The molecule has 0 saturated heterocycles. The predicted octanol–water partition coefficient (Wildman–Crippen LogP) is 2.46. The normalized spacial score (nSPS) is 29.5. The van der Waals surface area contributed by atoms with Gasteiger partial charge in [0.1, 0.15) is 0 Å². The van der Waals surface area contributed by atoms with E-state index in [1.165, 1.54) is 0 Å². The van der Waals surface area contributed by atoms with Crippen LogP contribution in [0.4, 0.5) is 4.39 Å². The van der Waals surface area contributed by atoms with Gasteiger partial charge in [0.05, 0.1) is 19.3 Å². The molecule has 0 aromatic heterocycles. The summed E-state index contributed by atoms with van der Waals surface area (Å²) in [6, 6.07) is 9.66. The van der Waals surface area contributed by atoms with Crippen LogP contribution in [0.1, 0.15) is 24.8 Å². The number of rotatable bonds is 4. The van der Waals surface area contributed by atoms with Crippen LogP contribution in [0.2, 0.25) is 0 Å². The van der Waals surface area contributed by atoms with Gasteiger partial charge in [0.15, 0.2) is 5.67 Å². The van der Waals surface area contributed by atoms with E-state index in [-0.39, 0.29) is 6.61 Å². The maximum absolute atomic E-state index is 14.0. The molecule has 16 heavy (non-hydrogen) atoms. The molecule has 1 saturated carbocycles. The van der Waals surface area contributed by atoms with E-state index in [1.807, 2.05) is 30.3 Å². The van der Waals surface area contributed by atoms with Gasteiger partial charge in [-0.1, -0.05) is 30.3 Å². The summed E-state index contributed by atoms with van der Waals surface area (Å²) in [4.78, 5) is 0. The number of aliphatic hydroxyl groups excluding tert-OH is 1. The Balaban J connectivity index is 1.80. The summed E-state index contributed by atoms with van der Waals surface area (Å²) in [6.45, 7) is 0.391. The molecular weight excluding hydrogens is 207 g/mol. The lowest BCUT2D eigenvalue weighted by Crippen LogP contribution is -2.37. The van der Waals surface area contributed by atoms with Crippen LogP contribution in [0.15, 0.2) is 30.3 Å². The van der Waals surface area contributed by atoms with Crippen molar-refractivity contribution < 1.29 is 14.2 Å². The zero-order valence-electron chi connectivity index (χ0n) is 9.23. The van der Waals surface area contributed by atoms with E-state index in [0.29, 0.717) is 19.4 Å². The molecule has 0 bridgehead atoms. The highest BCUT2D eigenvalue weighted by molar-refractivity contribution is 5.13. The van der Waals surface area contributed by atoms with Crippen LogP contribution in [0.3, 0.4) is 0 Å². The lowest BCUT2D eigenvalue weighted by Gasteiger charge is -2.23. The molecule has 2 nitrogen and oxygen atoms in total. The fourth-order valence-corrected chi connectivity index (χ4v) is 2.10. The molecular formula is C13H17FO2. The standard InChI is InChI=1S/C13H17FO2/c14-13(8-4-7-12(13)15)10-16-9-11-5-2-1-3-6-11/h1-3,5-6,12,15H,4,7-10H2. The van der Waals surface area contributed by atoms with Crippen molar-refractivity contribution in [1.29, 1.82) is 0 Å². The SMILES string of the molecule is OC1CCCC1(F)COCc1ccccc1. The largest absolute Gasteiger partial charge is 0.390 e. The molecule has 1 N–H and O–H groups in total. The van der Waals surface area contributed by atoms with Gasteiger partial charge < -0.3 is 9.84 Å². The quantitative estimate of drug-likeness (QED) is 0.851. The third kappa shape index (κ3) is 2.60. The molecule has 2 atom stereocenters. The number of hydrogen-bond donors (Lipinski definition) is 1. The van der Waals surface area contributed by atoms with Gasteiger partial charge in [-0.25, -0.2) is 4.39 Å². The van der Waals surface area contributed by atoms with Crippen LogP contribution in [-0.2, 0) is 11.3 Å². The van der Waals surface area contributed by atoms with Gasteiger partial charge in [-0.3, -0.25) is 0 Å². The molecule has 1 aliphatic rings. The molecule has 3 heteroatoms. The van der Waals surface area contributed by atoms with E-state index in [2.05, 4.69) is 0 Å². The van der Waals surface area contributed by atoms with Crippen LogP contribution < -0.4 is 0 Å². The van der Waals surface area contributed by atoms with Gasteiger partial charge >= 0.3 is 0 Å². The van der Waals surface area contributed by atoms with Crippen molar-refractivity contribution in [3.63, 3.8) is 0 Å². The van der Waals surface area contributed by atoms with Crippen molar-refractivity contribution in [3.8, 4) is 0 Å². The summed E-state index contributed by atoms with van der Waals surface area (Å²) < 4.78 is 19.4. The van der Waals surface area contributed by atoms with Crippen molar-refractivity contribution >= 4 is 0 Å². The van der Waals surface area contributed by atoms with E-state index >= 15 is 0 Å². The van der Waals surface area contributed by atoms with Gasteiger partial charge in [-0.05, 0) is 24.8 Å². The molecule has 0 spiro atoms. The minimum Gasteiger partial charge on any atom is -0.390 e. The Labute approximate surface area is 95.1 Å². The first-order valence-corrected chi connectivity index (χ1v) is 5.69. The summed E-state index contributed by atoms with van der Waals surface area (Å²) in [5, 5.41) is 9.49. The summed E-state index contributed by atoms with van der Waals surface area (Å²) in [5.74, 6) is 0. The van der Waals surface area contributed by atoms with Crippen molar-refractivity contribution in [2.24, 2.45) is 0 Å². The number of hydrogen-bond acceptors (Lipinski definition) is 2. The van der Waals surface area contributed by atoms with Gasteiger partial charge in [0.2, 0.25) is 0 Å². The fourth-order valence-electron chi connectivity index (χ4n) is 2.10. The average Bonchev–Trinajstić information content (AvgIpc) is 2.61. The van der Waals surface area contributed by atoms with E-state index in [0.717, 1.165) is 12.0 Å². The Bertz CT molecular complexity index is 328. The van der Waals surface area contributed by atoms with E-state index in [9.17, 15) is 9.50 Å². The molecule has 2 unspecified atom stereocenters. The Morgan fingerprint density at radius 2 is 2.12 bits per heavy atom. The van der Waals surface area contributed by atoms with E-state index in [1.54, 1.807) is 0 Å². The first kappa shape index (κ1) is 11.6. The Hall–Kier alpha value is -0.930. The van der Waals surface area contributed by atoms with Crippen LogP contribution in [0.25, 0.3) is 0 Å². The van der Waals surface area contributed by atoms with Gasteiger partial charge in [-0.2, -0.15) is 0 Å². The Morgan fingerprint density at radius 1 is 1.38 bits per heavy atom. The van der Waals surface area contributed by atoms with Gasteiger partial charge in [0, 0.05) is 0 Å². The maximum atomic E-state index is 14.0. The highest BCUT2D eigenvalue weighted by Crippen LogP contribution is 2.34. The lowest BCUT2D eigenvalue weighted by molar-refractivity contribution is -0.0540. The minimum atomic E-state index is -1.53. The number of benzene rings is 1. The zero-order valence-corrected chi connectivity index (χ0v) is 9.23. The molecule has 2 rings (SSSR count). The smallest absolute Gasteiger partial charge is 0.159 e. The Morgan fingerprint density at radius 3 is 2.75 bits per heavy atom. The number of aliphatic hydroxyl groups is 1. The second-order valence-electron chi connectivity index (χ2n) is 4.42. The molecule has 0 radical (unpaired) electrons. The lowest BCUT2D eigenvalue weighted by atomic mass is 10.0. The monoisotopic (exact) mass is 224 g/mol. The van der Waals surface area contributed by atoms with Crippen molar-refractivity contribution in [2.45, 2.75) is 37.6 Å². The number of alkyl halides is 1. The molecule has 1 aromatic rings. The zero-order chi connectivity index (χ0) is 11.4. The second kappa shape index (κ2) is 4.93. The minimum absolute atomic E-state index is 0.0109. The molecule has 1 aromatic carbocycles. The Kier molecular flexibility index (Phi) is 3.56. The van der Waals surface area contributed by atoms with Gasteiger partial charge in [0.25, 0.3) is 0 Å². The van der Waals surface area contributed by atoms with Crippen LogP contribution in [0.5, 0.6) is 0 Å². The maximum Gasteiger partial charge on any atom is 0.159 e. The summed E-state index contributed by atoms with van der Waals surface area (Å²) >= 11 is 0. The third-order valence-corrected chi connectivity index (χ3v) is 3.12. The fraction of sp³-hybridized carbons (Fsp3) is 0.538. The van der Waals surface area contributed by atoms with Gasteiger partial charge in [-0.15, -0.1) is 0 Å². The average molecular weight is 224 g/mol. The summed E-state index contributed by atoms with van der Waals surface area (Å²) in [7, 11) is 0.